The maximum atomic E-state index is 13.0. The van der Waals surface area contributed by atoms with Crippen molar-refractivity contribution >= 4 is 11.0 Å². The molecule has 2 nitrogen and oxygen atoms in total. The van der Waals surface area contributed by atoms with Crippen molar-refractivity contribution in [2.24, 2.45) is 0 Å². The van der Waals surface area contributed by atoms with Gasteiger partial charge in [0.2, 0.25) is 0 Å². The zero-order valence-corrected chi connectivity index (χ0v) is 15.3. The van der Waals surface area contributed by atoms with E-state index in [0.29, 0.717) is 5.69 Å². The Morgan fingerprint density at radius 2 is 1.50 bits per heavy atom. The third-order valence-electron chi connectivity index (χ3n) is 4.96. The van der Waals surface area contributed by atoms with Crippen molar-refractivity contribution in [3.63, 3.8) is 0 Å². The molecule has 0 saturated heterocycles. The second-order valence-electron chi connectivity index (χ2n) is 6.71. The van der Waals surface area contributed by atoms with Crippen LogP contribution in [0, 0.1) is 0 Å². The lowest BCUT2D eigenvalue weighted by Crippen LogP contribution is -2.10. The van der Waals surface area contributed by atoms with E-state index in [4.69, 9.17) is 4.98 Å². The second kappa shape index (κ2) is 7.15. The lowest BCUT2D eigenvalue weighted by atomic mass is 9.95. The first kappa shape index (κ1) is 18.3. The van der Waals surface area contributed by atoms with E-state index in [1.54, 1.807) is 0 Å². The molecule has 0 fully saturated rings. The molecule has 142 valence electrons. The molecule has 0 aliphatic rings. The number of alkyl halides is 3. The van der Waals surface area contributed by atoms with Crippen molar-refractivity contribution in [2.75, 3.05) is 0 Å². The van der Waals surface area contributed by atoms with E-state index in [1.807, 2.05) is 47.0 Å². The number of hydrogen-bond donors (Lipinski definition) is 0. The molecule has 4 rings (SSSR count). The molecule has 0 aliphatic heterocycles. The summed E-state index contributed by atoms with van der Waals surface area (Å²) in [6, 6.07) is 23.0. The van der Waals surface area contributed by atoms with Crippen molar-refractivity contribution < 1.29 is 13.2 Å². The molecule has 0 bridgehead atoms. The summed E-state index contributed by atoms with van der Waals surface area (Å²) in [5, 5.41) is 0. The molecular formula is C23H19F3N2. The minimum absolute atomic E-state index is 0.0379. The highest BCUT2D eigenvalue weighted by molar-refractivity contribution is 5.78. The average Bonchev–Trinajstić information content (AvgIpc) is 3.08. The number of benzene rings is 3. The van der Waals surface area contributed by atoms with Crippen LogP contribution in [0.25, 0.3) is 16.7 Å². The predicted molar refractivity (Wildman–Crippen MR) is 105 cm³/mol. The van der Waals surface area contributed by atoms with Crippen LogP contribution in [0.4, 0.5) is 13.2 Å². The predicted octanol–water partition coefficient (Wildman–Crippen LogP) is 6.59. The number of rotatable bonds is 4. The van der Waals surface area contributed by atoms with E-state index in [0.717, 1.165) is 41.0 Å². The maximum absolute atomic E-state index is 13.0. The molecule has 1 unspecified atom stereocenters. The largest absolute Gasteiger partial charge is 0.416 e. The van der Waals surface area contributed by atoms with Gasteiger partial charge in [-0.3, -0.25) is 4.57 Å². The topological polar surface area (TPSA) is 17.8 Å². The Kier molecular flexibility index (Phi) is 4.67. The summed E-state index contributed by atoms with van der Waals surface area (Å²) in [6.07, 6.45) is -3.53. The van der Waals surface area contributed by atoms with E-state index >= 15 is 0 Å². The minimum Gasteiger partial charge on any atom is -0.296 e. The first-order valence-corrected chi connectivity index (χ1v) is 9.19. The number of fused-ring (bicyclic) bond motifs is 1. The number of nitrogens with zero attached hydrogens (tertiary/aromatic N) is 2. The molecule has 1 atom stereocenters. The van der Waals surface area contributed by atoms with Crippen LogP contribution in [0.15, 0.2) is 78.9 Å². The van der Waals surface area contributed by atoms with Crippen LogP contribution in [0.2, 0.25) is 0 Å². The van der Waals surface area contributed by atoms with Crippen LogP contribution < -0.4 is 0 Å². The molecule has 28 heavy (non-hydrogen) atoms. The van der Waals surface area contributed by atoms with Gasteiger partial charge in [0.05, 0.1) is 16.6 Å². The van der Waals surface area contributed by atoms with Crippen molar-refractivity contribution in [1.29, 1.82) is 0 Å². The van der Waals surface area contributed by atoms with Crippen molar-refractivity contribution in [2.45, 2.75) is 25.4 Å². The number of para-hydroxylation sites is 2. The Bertz CT molecular complexity index is 1080. The van der Waals surface area contributed by atoms with Gasteiger partial charge in [-0.2, -0.15) is 13.2 Å². The van der Waals surface area contributed by atoms with Crippen LogP contribution in [-0.4, -0.2) is 9.55 Å². The normalized spacial score (nSPS) is 13.0. The summed E-state index contributed by atoms with van der Waals surface area (Å²) >= 11 is 0. The maximum Gasteiger partial charge on any atom is 0.416 e. The third-order valence-corrected chi connectivity index (χ3v) is 4.96. The van der Waals surface area contributed by atoms with Crippen LogP contribution in [0.3, 0.4) is 0 Å². The highest BCUT2D eigenvalue weighted by Crippen LogP contribution is 2.34. The van der Waals surface area contributed by atoms with E-state index in [9.17, 15) is 13.2 Å². The van der Waals surface area contributed by atoms with Crippen molar-refractivity contribution in [1.82, 2.24) is 9.55 Å². The molecule has 1 aromatic heterocycles. The van der Waals surface area contributed by atoms with Gasteiger partial charge in [0, 0.05) is 11.6 Å². The molecule has 0 radical (unpaired) electrons. The van der Waals surface area contributed by atoms with Gasteiger partial charge in [0.15, 0.2) is 0 Å². The number of imidazole rings is 1. The van der Waals surface area contributed by atoms with Crippen molar-refractivity contribution in [3.05, 3.63) is 95.8 Å². The Morgan fingerprint density at radius 1 is 0.857 bits per heavy atom. The first-order valence-electron chi connectivity index (χ1n) is 9.19. The van der Waals surface area contributed by atoms with Gasteiger partial charge in [-0.05, 0) is 48.4 Å². The molecule has 1 heterocycles. The Morgan fingerprint density at radius 3 is 2.14 bits per heavy atom. The molecule has 0 amide bonds. The summed E-state index contributed by atoms with van der Waals surface area (Å²) in [4.78, 5) is 4.85. The number of aromatic nitrogens is 2. The lowest BCUT2D eigenvalue weighted by Gasteiger charge is -2.18. The minimum atomic E-state index is -4.35. The standard InChI is InChI=1S/C23H19F3N2/c1-2-19(16-8-4-3-5-9-16)22-27-20-10-6-7-11-21(20)28(22)18-14-12-17(13-15-18)23(24,25)26/h3-15,19H,2H2,1H3. The summed E-state index contributed by atoms with van der Waals surface area (Å²) in [6.45, 7) is 2.09. The summed E-state index contributed by atoms with van der Waals surface area (Å²) in [5.41, 5.74) is 2.86. The van der Waals surface area contributed by atoms with Gasteiger partial charge >= 0.3 is 6.18 Å². The van der Waals surface area contributed by atoms with Gasteiger partial charge in [-0.1, -0.05) is 49.4 Å². The summed E-state index contributed by atoms with van der Waals surface area (Å²) in [5.74, 6) is 0.866. The van der Waals surface area contributed by atoms with Gasteiger partial charge in [0.1, 0.15) is 5.82 Å². The summed E-state index contributed by atoms with van der Waals surface area (Å²) in [7, 11) is 0. The molecular weight excluding hydrogens is 361 g/mol. The van der Waals surface area contributed by atoms with Gasteiger partial charge in [0.25, 0.3) is 0 Å². The third kappa shape index (κ3) is 3.28. The van der Waals surface area contributed by atoms with Crippen LogP contribution in [0.5, 0.6) is 0 Å². The molecule has 0 saturated carbocycles. The van der Waals surface area contributed by atoms with E-state index < -0.39 is 11.7 Å². The second-order valence-corrected chi connectivity index (χ2v) is 6.71. The van der Waals surface area contributed by atoms with Crippen LogP contribution in [-0.2, 0) is 6.18 Å². The smallest absolute Gasteiger partial charge is 0.296 e. The molecule has 0 aliphatic carbocycles. The fraction of sp³-hybridized carbons (Fsp3) is 0.174. The monoisotopic (exact) mass is 380 g/mol. The van der Waals surface area contributed by atoms with Gasteiger partial charge in [-0.15, -0.1) is 0 Å². The molecule has 0 spiro atoms. The Labute approximate surface area is 161 Å². The quantitative estimate of drug-likeness (QED) is 0.391. The van der Waals surface area contributed by atoms with E-state index in [2.05, 4.69) is 19.1 Å². The Hall–Kier alpha value is -3.08. The molecule has 4 aromatic rings. The van der Waals surface area contributed by atoms with Crippen LogP contribution >= 0.6 is 0 Å². The van der Waals surface area contributed by atoms with Crippen molar-refractivity contribution in [3.8, 4) is 5.69 Å². The highest BCUT2D eigenvalue weighted by atomic mass is 19.4. The average molecular weight is 380 g/mol. The van der Waals surface area contributed by atoms with E-state index in [1.165, 1.54) is 12.1 Å². The molecule has 5 heteroatoms. The molecule has 3 aromatic carbocycles. The van der Waals surface area contributed by atoms with Crippen LogP contribution in [0.1, 0.15) is 36.2 Å². The summed E-state index contributed by atoms with van der Waals surface area (Å²) < 4.78 is 40.9. The zero-order chi connectivity index (χ0) is 19.7. The zero-order valence-electron chi connectivity index (χ0n) is 15.3. The van der Waals surface area contributed by atoms with Gasteiger partial charge < -0.3 is 0 Å². The van der Waals surface area contributed by atoms with E-state index in [-0.39, 0.29) is 5.92 Å². The first-order chi connectivity index (χ1) is 13.5. The number of halogens is 3. The lowest BCUT2D eigenvalue weighted by molar-refractivity contribution is -0.137. The Balaban J connectivity index is 1.91. The fourth-order valence-corrected chi connectivity index (χ4v) is 3.60. The van der Waals surface area contributed by atoms with Gasteiger partial charge in [-0.25, -0.2) is 4.98 Å². The number of hydrogen-bond acceptors (Lipinski definition) is 1. The highest BCUT2D eigenvalue weighted by Gasteiger charge is 2.30. The molecule has 0 N–H and O–H groups in total. The SMILES string of the molecule is CCC(c1ccccc1)c1nc2ccccc2n1-c1ccc(C(F)(F)F)cc1. The fourth-order valence-electron chi connectivity index (χ4n) is 3.60.